The first-order valence-electron chi connectivity index (χ1n) is 8.92. The SMILES string of the molecule is OCC1CCCN1CC1CCCN1c1ccc2cc(Br)ccc2n1. The number of halogens is 1. The molecule has 0 radical (unpaired) electrons. The third kappa shape index (κ3) is 3.17. The van der Waals surface area contributed by atoms with Gasteiger partial charge in [-0.15, -0.1) is 0 Å². The second-order valence-corrected chi connectivity index (χ2v) is 7.89. The van der Waals surface area contributed by atoms with E-state index in [0.29, 0.717) is 12.1 Å². The van der Waals surface area contributed by atoms with Crippen molar-refractivity contribution in [1.82, 2.24) is 9.88 Å². The van der Waals surface area contributed by atoms with Crippen LogP contribution in [0.4, 0.5) is 5.82 Å². The van der Waals surface area contributed by atoms with Crippen molar-refractivity contribution in [3.05, 3.63) is 34.8 Å². The Hall–Kier alpha value is -1.17. The molecule has 3 heterocycles. The van der Waals surface area contributed by atoms with E-state index >= 15 is 0 Å². The minimum Gasteiger partial charge on any atom is -0.395 e. The van der Waals surface area contributed by atoms with E-state index in [2.05, 4.69) is 56.1 Å². The number of aromatic nitrogens is 1. The quantitative estimate of drug-likeness (QED) is 0.869. The third-order valence-electron chi connectivity index (χ3n) is 5.46. The van der Waals surface area contributed by atoms with E-state index in [1.165, 1.54) is 24.6 Å². The molecule has 2 aliphatic heterocycles. The lowest BCUT2D eigenvalue weighted by atomic mass is 10.1. The summed E-state index contributed by atoms with van der Waals surface area (Å²) in [5, 5.41) is 10.7. The highest BCUT2D eigenvalue weighted by molar-refractivity contribution is 9.10. The first kappa shape index (κ1) is 16.3. The van der Waals surface area contributed by atoms with Crippen LogP contribution in [0.25, 0.3) is 10.9 Å². The van der Waals surface area contributed by atoms with Gasteiger partial charge in [0.05, 0.1) is 12.1 Å². The molecule has 0 spiro atoms. The Morgan fingerprint density at radius 1 is 1.08 bits per heavy atom. The van der Waals surface area contributed by atoms with Gasteiger partial charge in [0.1, 0.15) is 5.82 Å². The lowest BCUT2D eigenvalue weighted by Crippen LogP contribution is -2.43. The molecule has 1 N–H and O–H groups in total. The third-order valence-corrected chi connectivity index (χ3v) is 5.96. The van der Waals surface area contributed by atoms with E-state index in [1.807, 2.05) is 0 Å². The number of nitrogens with zero attached hydrogens (tertiary/aromatic N) is 3. The zero-order chi connectivity index (χ0) is 16.5. The maximum Gasteiger partial charge on any atom is 0.129 e. The second-order valence-electron chi connectivity index (χ2n) is 6.97. The molecule has 2 aromatic rings. The van der Waals surface area contributed by atoms with Crippen molar-refractivity contribution in [3.63, 3.8) is 0 Å². The average molecular weight is 390 g/mol. The number of hydrogen-bond acceptors (Lipinski definition) is 4. The molecule has 4 nitrogen and oxygen atoms in total. The van der Waals surface area contributed by atoms with Crippen LogP contribution >= 0.6 is 15.9 Å². The van der Waals surface area contributed by atoms with Gasteiger partial charge >= 0.3 is 0 Å². The maximum absolute atomic E-state index is 9.56. The lowest BCUT2D eigenvalue weighted by Gasteiger charge is -2.32. The highest BCUT2D eigenvalue weighted by Gasteiger charge is 2.31. The summed E-state index contributed by atoms with van der Waals surface area (Å²) in [6, 6.07) is 11.4. The summed E-state index contributed by atoms with van der Waals surface area (Å²) in [4.78, 5) is 9.84. The fraction of sp³-hybridized carbons (Fsp3) is 0.526. The van der Waals surface area contributed by atoms with E-state index in [9.17, 15) is 5.11 Å². The molecule has 128 valence electrons. The average Bonchev–Trinajstić information content (AvgIpc) is 3.24. The zero-order valence-corrected chi connectivity index (χ0v) is 15.5. The van der Waals surface area contributed by atoms with Crippen LogP contribution in [-0.2, 0) is 0 Å². The van der Waals surface area contributed by atoms with Crippen LogP contribution in [-0.4, -0.2) is 53.3 Å². The minimum absolute atomic E-state index is 0.288. The van der Waals surface area contributed by atoms with Crippen LogP contribution in [0.5, 0.6) is 0 Å². The normalized spacial score (nSPS) is 25.0. The van der Waals surface area contributed by atoms with Crippen molar-refractivity contribution < 1.29 is 5.11 Å². The number of aliphatic hydroxyl groups excluding tert-OH is 1. The number of aliphatic hydroxyl groups is 1. The highest BCUT2D eigenvalue weighted by atomic mass is 79.9. The van der Waals surface area contributed by atoms with Crippen molar-refractivity contribution in [2.24, 2.45) is 0 Å². The van der Waals surface area contributed by atoms with Crippen LogP contribution in [0.2, 0.25) is 0 Å². The van der Waals surface area contributed by atoms with Gasteiger partial charge in [0.25, 0.3) is 0 Å². The molecule has 0 saturated carbocycles. The Kier molecular flexibility index (Phi) is 4.74. The van der Waals surface area contributed by atoms with E-state index in [0.717, 1.165) is 41.9 Å². The van der Waals surface area contributed by atoms with Crippen molar-refractivity contribution >= 4 is 32.7 Å². The smallest absolute Gasteiger partial charge is 0.129 e. The molecular formula is C19H24BrN3O. The predicted octanol–water partition coefficient (Wildman–Crippen LogP) is 3.42. The van der Waals surface area contributed by atoms with Crippen molar-refractivity contribution in [1.29, 1.82) is 0 Å². The lowest BCUT2D eigenvalue weighted by molar-refractivity contribution is 0.153. The van der Waals surface area contributed by atoms with Gasteiger partial charge in [-0.1, -0.05) is 15.9 Å². The van der Waals surface area contributed by atoms with Gasteiger partial charge < -0.3 is 10.0 Å². The van der Waals surface area contributed by atoms with Gasteiger partial charge in [0, 0.05) is 35.0 Å². The van der Waals surface area contributed by atoms with Gasteiger partial charge in [-0.05, 0) is 62.6 Å². The minimum atomic E-state index is 0.288. The van der Waals surface area contributed by atoms with Crippen molar-refractivity contribution in [2.45, 2.75) is 37.8 Å². The Balaban J connectivity index is 1.55. The fourth-order valence-corrected chi connectivity index (χ4v) is 4.56. The van der Waals surface area contributed by atoms with Gasteiger partial charge in [0.15, 0.2) is 0 Å². The molecule has 4 rings (SSSR count). The molecule has 2 atom stereocenters. The number of pyridine rings is 1. The summed E-state index contributed by atoms with van der Waals surface area (Å²) in [7, 11) is 0. The van der Waals surface area contributed by atoms with Gasteiger partial charge in [-0.3, -0.25) is 4.90 Å². The van der Waals surface area contributed by atoms with Crippen LogP contribution in [0.1, 0.15) is 25.7 Å². The van der Waals surface area contributed by atoms with Crippen LogP contribution in [0, 0.1) is 0 Å². The summed E-state index contributed by atoms with van der Waals surface area (Å²) in [5.41, 5.74) is 1.05. The standard InChI is InChI=1S/C19H24BrN3O/c20-15-6-7-18-14(11-15)5-8-19(21-18)23-10-2-3-16(23)12-22-9-1-4-17(22)13-24/h5-8,11,16-17,24H,1-4,9-10,12-13H2. The molecule has 0 bridgehead atoms. The van der Waals surface area contributed by atoms with Gasteiger partial charge in [-0.2, -0.15) is 0 Å². The Labute approximate surface area is 151 Å². The monoisotopic (exact) mass is 389 g/mol. The molecule has 1 aromatic carbocycles. The van der Waals surface area contributed by atoms with E-state index < -0.39 is 0 Å². The van der Waals surface area contributed by atoms with Gasteiger partial charge in [0.2, 0.25) is 0 Å². The molecule has 24 heavy (non-hydrogen) atoms. The Morgan fingerprint density at radius 3 is 2.79 bits per heavy atom. The number of hydrogen-bond donors (Lipinski definition) is 1. The molecule has 5 heteroatoms. The Morgan fingerprint density at radius 2 is 1.92 bits per heavy atom. The summed E-state index contributed by atoms with van der Waals surface area (Å²) in [6.45, 7) is 3.53. The van der Waals surface area contributed by atoms with Crippen molar-refractivity contribution in [3.8, 4) is 0 Å². The first-order valence-corrected chi connectivity index (χ1v) is 9.72. The van der Waals surface area contributed by atoms with Crippen LogP contribution in [0.3, 0.4) is 0 Å². The fourth-order valence-electron chi connectivity index (χ4n) is 4.19. The highest BCUT2D eigenvalue weighted by Crippen LogP contribution is 2.29. The molecule has 2 aliphatic rings. The number of benzene rings is 1. The molecule has 2 saturated heterocycles. The number of likely N-dealkylation sites (tertiary alicyclic amines) is 1. The van der Waals surface area contributed by atoms with Crippen LogP contribution in [0.15, 0.2) is 34.8 Å². The summed E-state index contributed by atoms with van der Waals surface area (Å²) in [6.07, 6.45) is 4.78. The molecule has 0 amide bonds. The summed E-state index contributed by atoms with van der Waals surface area (Å²) < 4.78 is 1.09. The number of fused-ring (bicyclic) bond motifs is 1. The predicted molar refractivity (Wildman–Crippen MR) is 101 cm³/mol. The largest absolute Gasteiger partial charge is 0.395 e. The van der Waals surface area contributed by atoms with E-state index in [4.69, 9.17) is 4.98 Å². The molecule has 2 unspecified atom stereocenters. The maximum atomic E-state index is 9.56. The van der Waals surface area contributed by atoms with Crippen molar-refractivity contribution in [2.75, 3.05) is 31.1 Å². The summed E-state index contributed by atoms with van der Waals surface area (Å²) >= 11 is 3.52. The zero-order valence-electron chi connectivity index (χ0n) is 13.9. The first-order chi connectivity index (χ1) is 11.7. The number of rotatable bonds is 4. The summed E-state index contributed by atoms with van der Waals surface area (Å²) in [5.74, 6) is 1.09. The topological polar surface area (TPSA) is 39.6 Å². The number of anilines is 1. The Bertz CT molecular complexity index is 723. The van der Waals surface area contributed by atoms with E-state index in [1.54, 1.807) is 0 Å². The van der Waals surface area contributed by atoms with E-state index in [-0.39, 0.29) is 6.61 Å². The van der Waals surface area contributed by atoms with Gasteiger partial charge in [-0.25, -0.2) is 4.98 Å². The second kappa shape index (κ2) is 6.98. The molecular weight excluding hydrogens is 366 g/mol. The molecule has 2 fully saturated rings. The molecule has 1 aromatic heterocycles. The molecule has 0 aliphatic carbocycles. The van der Waals surface area contributed by atoms with Crippen LogP contribution < -0.4 is 4.90 Å².